The average Bonchev–Trinajstić information content (AvgIpc) is 3.40. The van der Waals surface area contributed by atoms with Gasteiger partial charge in [-0.2, -0.15) is 5.26 Å². The molecule has 32 heavy (non-hydrogen) atoms. The summed E-state index contributed by atoms with van der Waals surface area (Å²) in [5.74, 6) is 0.593. The fraction of sp³-hybridized carbons (Fsp3) is 0.400. The summed E-state index contributed by atoms with van der Waals surface area (Å²) in [6.07, 6.45) is 5.80. The zero-order valence-electron chi connectivity index (χ0n) is 19.5. The number of ether oxygens (including phenoxy) is 1. The van der Waals surface area contributed by atoms with E-state index in [4.69, 9.17) is 4.74 Å². The smallest absolute Gasteiger partial charge is 0.317 e. The van der Waals surface area contributed by atoms with Crippen molar-refractivity contribution in [1.29, 1.82) is 5.26 Å². The van der Waals surface area contributed by atoms with Gasteiger partial charge in [0.15, 0.2) is 0 Å². The van der Waals surface area contributed by atoms with Gasteiger partial charge < -0.3 is 15.0 Å². The summed E-state index contributed by atoms with van der Waals surface area (Å²) < 4.78 is 5.73. The molecule has 1 fully saturated rings. The topological polar surface area (TPSA) is 78.2 Å². The largest absolute Gasteiger partial charge is 0.490 e. The van der Waals surface area contributed by atoms with Gasteiger partial charge in [0, 0.05) is 25.9 Å². The molecular formula is C25H30N4O2S. The van der Waals surface area contributed by atoms with Gasteiger partial charge in [-0.3, -0.25) is 0 Å². The fourth-order valence-corrected chi connectivity index (χ4v) is 4.78. The molecule has 0 saturated heterocycles. The Labute approximate surface area is 194 Å². The van der Waals surface area contributed by atoms with Gasteiger partial charge in [-0.15, -0.1) is 11.3 Å². The lowest BCUT2D eigenvalue weighted by Gasteiger charge is -2.19. The van der Waals surface area contributed by atoms with Crippen LogP contribution in [0.1, 0.15) is 51.0 Å². The quantitative estimate of drug-likeness (QED) is 0.641. The van der Waals surface area contributed by atoms with Gasteiger partial charge in [0.1, 0.15) is 16.8 Å². The molecule has 0 aliphatic heterocycles. The summed E-state index contributed by atoms with van der Waals surface area (Å²) in [4.78, 5) is 19.4. The Morgan fingerprint density at radius 1 is 1.41 bits per heavy atom. The minimum atomic E-state index is -0.0773. The Morgan fingerprint density at radius 3 is 2.78 bits per heavy atom. The molecular weight excluding hydrogens is 420 g/mol. The SMILES string of the molecule is C/C=C1\C(=C(/C)c2cnc(-c3ccc(OC(C)C)c(C#N)c3)s2)CC[C@@H]1NC(=O)N(C)C. The molecule has 3 rings (SSSR count). The molecule has 1 aromatic carbocycles. The lowest BCUT2D eigenvalue weighted by atomic mass is 10.0. The van der Waals surface area contributed by atoms with E-state index in [0.717, 1.165) is 28.3 Å². The van der Waals surface area contributed by atoms with Gasteiger partial charge in [0.25, 0.3) is 0 Å². The second-order valence-corrected chi connectivity index (χ2v) is 9.33. The second-order valence-electron chi connectivity index (χ2n) is 8.30. The number of hydrogen-bond donors (Lipinski definition) is 1. The number of rotatable bonds is 5. The van der Waals surface area contributed by atoms with Crippen LogP contribution >= 0.6 is 11.3 Å². The van der Waals surface area contributed by atoms with Gasteiger partial charge in [0.05, 0.1) is 22.6 Å². The third-order valence-corrected chi connectivity index (χ3v) is 6.63. The maximum Gasteiger partial charge on any atom is 0.317 e. The highest BCUT2D eigenvalue weighted by Gasteiger charge is 2.28. The standard InChI is InChI=1S/C25H30N4O2S/c1-7-19-20(9-10-21(19)28-25(30)29(5)6)16(4)23-14-27-24(32-23)17-8-11-22(31-15(2)3)18(12-17)13-26/h7-8,11-12,14-15,21H,9-10H2,1-6H3,(H,28,30)/b19-7+,20-16+/t21-/m0/s1. The van der Waals surface area contributed by atoms with E-state index in [9.17, 15) is 10.1 Å². The Balaban J connectivity index is 1.87. The van der Waals surface area contributed by atoms with E-state index in [1.807, 2.05) is 45.2 Å². The molecule has 2 aromatic rings. The van der Waals surface area contributed by atoms with Gasteiger partial charge in [0.2, 0.25) is 0 Å². The number of carbonyl (C=O) groups is 1. The lowest BCUT2D eigenvalue weighted by molar-refractivity contribution is 0.215. The zero-order valence-corrected chi connectivity index (χ0v) is 20.3. The average molecular weight is 451 g/mol. The van der Waals surface area contributed by atoms with Crippen molar-refractivity contribution in [3.63, 3.8) is 0 Å². The first-order chi connectivity index (χ1) is 15.2. The normalized spacial score (nSPS) is 18.6. The molecule has 6 nitrogen and oxygen atoms in total. The molecule has 1 heterocycles. The number of nitrogens with one attached hydrogen (secondary N) is 1. The molecule has 1 saturated carbocycles. The van der Waals surface area contributed by atoms with E-state index in [1.54, 1.807) is 30.3 Å². The van der Waals surface area contributed by atoms with Crippen molar-refractivity contribution in [3.8, 4) is 22.4 Å². The molecule has 1 aliphatic rings. The van der Waals surface area contributed by atoms with E-state index in [0.29, 0.717) is 11.3 Å². The number of allylic oxidation sites excluding steroid dienone is 2. The van der Waals surface area contributed by atoms with E-state index in [1.165, 1.54) is 16.7 Å². The first-order valence-corrected chi connectivity index (χ1v) is 11.6. The Hall–Kier alpha value is -3.11. The number of nitrogens with zero attached hydrogens (tertiary/aromatic N) is 3. The van der Waals surface area contributed by atoms with Crippen LogP contribution in [0, 0.1) is 11.3 Å². The summed E-state index contributed by atoms with van der Waals surface area (Å²) in [7, 11) is 3.50. The highest BCUT2D eigenvalue weighted by molar-refractivity contribution is 7.16. The molecule has 7 heteroatoms. The van der Waals surface area contributed by atoms with Crippen LogP contribution in [-0.4, -0.2) is 42.2 Å². The first kappa shape index (κ1) is 23.6. The minimum Gasteiger partial charge on any atom is -0.490 e. The van der Waals surface area contributed by atoms with E-state index in [2.05, 4.69) is 29.4 Å². The van der Waals surface area contributed by atoms with Crippen molar-refractivity contribution in [2.75, 3.05) is 14.1 Å². The highest BCUT2D eigenvalue weighted by atomic mass is 32.1. The number of amides is 2. The van der Waals surface area contributed by atoms with Crippen LogP contribution in [0.15, 0.2) is 41.6 Å². The predicted octanol–water partition coefficient (Wildman–Crippen LogP) is 5.62. The number of hydrogen-bond acceptors (Lipinski definition) is 5. The third kappa shape index (κ3) is 5.03. The van der Waals surface area contributed by atoms with Crippen molar-refractivity contribution >= 4 is 22.9 Å². The number of nitriles is 1. The van der Waals surface area contributed by atoms with Crippen LogP contribution in [0.5, 0.6) is 5.75 Å². The van der Waals surface area contributed by atoms with Crippen LogP contribution in [0.3, 0.4) is 0 Å². The number of carbonyl (C=O) groups excluding carboxylic acids is 1. The highest BCUT2D eigenvalue weighted by Crippen LogP contribution is 2.39. The second kappa shape index (κ2) is 10.0. The zero-order chi connectivity index (χ0) is 23.4. The molecule has 1 aromatic heterocycles. The Morgan fingerprint density at radius 2 is 2.16 bits per heavy atom. The summed E-state index contributed by atoms with van der Waals surface area (Å²) in [5, 5.41) is 13.5. The molecule has 0 bridgehead atoms. The van der Waals surface area contributed by atoms with E-state index < -0.39 is 0 Å². The summed E-state index contributed by atoms with van der Waals surface area (Å²) in [6, 6.07) is 7.80. The van der Waals surface area contributed by atoms with Crippen molar-refractivity contribution in [2.24, 2.45) is 0 Å². The number of benzene rings is 1. The van der Waals surface area contributed by atoms with Crippen LogP contribution in [-0.2, 0) is 0 Å². The summed E-state index contributed by atoms with van der Waals surface area (Å²) >= 11 is 1.61. The minimum absolute atomic E-state index is 0.00672. The molecule has 1 aliphatic carbocycles. The number of thiazole rings is 1. The van der Waals surface area contributed by atoms with Crippen molar-refractivity contribution in [3.05, 3.63) is 52.1 Å². The van der Waals surface area contributed by atoms with Crippen LogP contribution in [0.4, 0.5) is 4.79 Å². The molecule has 0 radical (unpaired) electrons. The van der Waals surface area contributed by atoms with Crippen LogP contribution < -0.4 is 10.1 Å². The van der Waals surface area contributed by atoms with Gasteiger partial charge >= 0.3 is 6.03 Å². The van der Waals surface area contributed by atoms with Gasteiger partial charge in [-0.1, -0.05) is 6.08 Å². The Kier molecular flexibility index (Phi) is 7.37. The molecule has 0 spiro atoms. The van der Waals surface area contributed by atoms with Gasteiger partial charge in [-0.05, 0) is 75.5 Å². The lowest BCUT2D eigenvalue weighted by Crippen LogP contribution is -2.40. The molecule has 0 unspecified atom stereocenters. The maximum absolute atomic E-state index is 12.1. The van der Waals surface area contributed by atoms with Crippen molar-refractivity contribution in [2.45, 2.75) is 52.7 Å². The number of urea groups is 1. The van der Waals surface area contributed by atoms with E-state index >= 15 is 0 Å². The fourth-order valence-electron chi connectivity index (χ4n) is 3.84. The third-order valence-electron chi connectivity index (χ3n) is 5.46. The molecule has 1 atom stereocenters. The molecule has 168 valence electrons. The summed E-state index contributed by atoms with van der Waals surface area (Å²) in [6.45, 7) is 8.02. The van der Waals surface area contributed by atoms with Crippen molar-refractivity contribution < 1.29 is 9.53 Å². The molecule has 1 N–H and O–H groups in total. The van der Waals surface area contributed by atoms with Gasteiger partial charge in [-0.25, -0.2) is 9.78 Å². The van der Waals surface area contributed by atoms with Crippen LogP contribution in [0.25, 0.3) is 16.1 Å². The monoisotopic (exact) mass is 450 g/mol. The molecule has 2 amide bonds. The van der Waals surface area contributed by atoms with Crippen LogP contribution in [0.2, 0.25) is 0 Å². The number of aromatic nitrogens is 1. The van der Waals surface area contributed by atoms with E-state index in [-0.39, 0.29) is 18.2 Å². The Bertz CT molecular complexity index is 1110. The van der Waals surface area contributed by atoms with Crippen molar-refractivity contribution in [1.82, 2.24) is 15.2 Å². The predicted molar refractivity (Wildman–Crippen MR) is 130 cm³/mol. The maximum atomic E-state index is 12.1. The first-order valence-electron chi connectivity index (χ1n) is 10.8. The summed E-state index contributed by atoms with van der Waals surface area (Å²) in [5.41, 5.74) is 5.04.